The summed E-state index contributed by atoms with van der Waals surface area (Å²) in [6, 6.07) is 16.1. The average Bonchev–Trinajstić information content (AvgIpc) is 2.51. The summed E-state index contributed by atoms with van der Waals surface area (Å²) in [5.41, 5.74) is 1.61. The lowest BCUT2D eigenvalue weighted by atomic mass is 10.1. The standard InChI is InChI=1S/C19H17NO2/c1-4-11-20-17-8-6-5-7-15(17)19(21)16-10-9-14(12-18(16)20)22-13(2)3/h5-10,12-13H,1-3H3. The molecular weight excluding hydrogens is 274 g/mol. The highest BCUT2D eigenvalue weighted by Gasteiger charge is 2.11. The third-order valence-corrected chi connectivity index (χ3v) is 3.44. The first-order valence-corrected chi connectivity index (χ1v) is 7.28. The van der Waals surface area contributed by atoms with E-state index in [0.717, 1.165) is 16.8 Å². The molecule has 3 heteroatoms. The van der Waals surface area contributed by atoms with Crippen molar-refractivity contribution in [3.05, 3.63) is 52.7 Å². The van der Waals surface area contributed by atoms with Crippen molar-refractivity contribution in [2.75, 3.05) is 0 Å². The molecule has 0 bridgehead atoms. The molecule has 0 aliphatic rings. The van der Waals surface area contributed by atoms with Crippen molar-refractivity contribution in [3.63, 3.8) is 0 Å². The van der Waals surface area contributed by atoms with Gasteiger partial charge in [0.15, 0.2) is 5.43 Å². The first-order valence-electron chi connectivity index (χ1n) is 7.28. The monoisotopic (exact) mass is 291 g/mol. The minimum atomic E-state index is 0.0239. The number of nitrogens with zero attached hydrogens (tertiary/aromatic N) is 1. The molecule has 0 atom stereocenters. The van der Waals surface area contributed by atoms with Crippen molar-refractivity contribution in [2.45, 2.75) is 26.9 Å². The van der Waals surface area contributed by atoms with Crippen LogP contribution in [0.25, 0.3) is 21.8 Å². The van der Waals surface area contributed by atoms with Crippen LogP contribution >= 0.6 is 0 Å². The van der Waals surface area contributed by atoms with E-state index in [2.05, 4.69) is 12.0 Å². The SMILES string of the molecule is CC#Cn1c2ccccc2c(=O)c2ccc(OC(C)C)cc21. The minimum Gasteiger partial charge on any atom is -0.491 e. The molecule has 3 rings (SSSR count). The molecule has 0 N–H and O–H groups in total. The Morgan fingerprint density at radius 3 is 2.50 bits per heavy atom. The summed E-state index contributed by atoms with van der Waals surface area (Å²) in [5, 5.41) is 1.33. The van der Waals surface area contributed by atoms with E-state index >= 15 is 0 Å². The van der Waals surface area contributed by atoms with Crippen LogP contribution in [-0.2, 0) is 0 Å². The minimum absolute atomic E-state index is 0.0239. The van der Waals surface area contributed by atoms with E-state index in [1.165, 1.54) is 0 Å². The zero-order chi connectivity index (χ0) is 15.7. The van der Waals surface area contributed by atoms with Crippen molar-refractivity contribution in [3.8, 4) is 17.7 Å². The third-order valence-electron chi connectivity index (χ3n) is 3.44. The van der Waals surface area contributed by atoms with Crippen molar-refractivity contribution in [1.29, 1.82) is 0 Å². The van der Waals surface area contributed by atoms with Gasteiger partial charge < -0.3 is 4.74 Å². The van der Waals surface area contributed by atoms with Crippen molar-refractivity contribution < 1.29 is 4.74 Å². The molecule has 2 aromatic carbocycles. The van der Waals surface area contributed by atoms with E-state index in [1.54, 1.807) is 6.92 Å². The van der Waals surface area contributed by atoms with Gasteiger partial charge in [0.05, 0.1) is 17.1 Å². The summed E-state index contributed by atoms with van der Waals surface area (Å²) in [4.78, 5) is 12.7. The van der Waals surface area contributed by atoms with Gasteiger partial charge in [-0.05, 0) is 45.0 Å². The van der Waals surface area contributed by atoms with E-state index in [-0.39, 0.29) is 11.5 Å². The summed E-state index contributed by atoms with van der Waals surface area (Å²) in [6.07, 6.45) is 0.0790. The highest BCUT2D eigenvalue weighted by molar-refractivity contribution is 5.95. The number of hydrogen-bond donors (Lipinski definition) is 0. The Hall–Kier alpha value is -2.73. The van der Waals surface area contributed by atoms with Crippen LogP contribution in [0.4, 0.5) is 0 Å². The van der Waals surface area contributed by atoms with Crippen molar-refractivity contribution >= 4 is 21.8 Å². The van der Waals surface area contributed by atoms with Gasteiger partial charge in [-0.2, -0.15) is 0 Å². The average molecular weight is 291 g/mol. The highest BCUT2D eigenvalue weighted by Crippen LogP contribution is 2.23. The number of fused-ring (bicyclic) bond motifs is 2. The zero-order valence-electron chi connectivity index (χ0n) is 12.9. The molecule has 0 spiro atoms. The smallest absolute Gasteiger partial charge is 0.197 e. The molecule has 110 valence electrons. The molecule has 0 saturated carbocycles. The number of hydrogen-bond acceptors (Lipinski definition) is 2. The first-order chi connectivity index (χ1) is 10.6. The lowest BCUT2D eigenvalue weighted by Crippen LogP contribution is -2.10. The van der Waals surface area contributed by atoms with Crippen LogP contribution in [0.2, 0.25) is 0 Å². The molecule has 0 saturated heterocycles. The Bertz CT molecular complexity index is 972. The van der Waals surface area contributed by atoms with Gasteiger partial charge in [0.1, 0.15) is 5.75 Å². The van der Waals surface area contributed by atoms with Crippen LogP contribution in [0.1, 0.15) is 20.8 Å². The van der Waals surface area contributed by atoms with Crippen LogP contribution in [0, 0.1) is 12.0 Å². The van der Waals surface area contributed by atoms with Crippen molar-refractivity contribution in [2.24, 2.45) is 0 Å². The molecular formula is C19H17NO2. The normalized spacial score (nSPS) is 10.7. The number of pyridine rings is 1. The molecule has 0 amide bonds. The lowest BCUT2D eigenvalue weighted by molar-refractivity contribution is 0.242. The Labute approximate surface area is 129 Å². The van der Waals surface area contributed by atoms with Crippen LogP contribution in [0.15, 0.2) is 47.3 Å². The largest absolute Gasteiger partial charge is 0.491 e. The number of para-hydroxylation sites is 1. The molecule has 0 aliphatic heterocycles. The van der Waals surface area contributed by atoms with Crippen LogP contribution in [0.3, 0.4) is 0 Å². The summed E-state index contributed by atoms with van der Waals surface area (Å²) >= 11 is 0. The predicted octanol–water partition coefficient (Wildman–Crippen LogP) is 3.77. The van der Waals surface area contributed by atoms with Gasteiger partial charge in [0, 0.05) is 22.9 Å². The van der Waals surface area contributed by atoms with Gasteiger partial charge >= 0.3 is 0 Å². The number of aromatic nitrogens is 1. The molecule has 1 aromatic heterocycles. The topological polar surface area (TPSA) is 31.2 Å². The van der Waals surface area contributed by atoms with E-state index in [0.29, 0.717) is 10.8 Å². The van der Waals surface area contributed by atoms with Crippen molar-refractivity contribution in [1.82, 2.24) is 4.57 Å². The third kappa shape index (κ3) is 2.33. The van der Waals surface area contributed by atoms with E-state index in [1.807, 2.05) is 60.9 Å². The molecule has 22 heavy (non-hydrogen) atoms. The lowest BCUT2D eigenvalue weighted by Gasteiger charge is -2.13. The van der Waals surface area contributed by atoms with Gasteiger partial charge in [0.2, 0.25) is 0 Å². The molecule has 0 radical (unpaired) electrons. The quantitative estimate of drug-likeness (QED) is 0.531. The number of rotatable bonds is 2. The second-order valence-corrected chi connectivity index (χ2v) is 5.39. The molecule has 0 aliphatic carbocycles. The van der Waals surface area contributed by atoms with Gasteiger partial charge in [-0.1, -0.05) is 18.1 Å². The molecule has 3 nitrogen and oxygen atoms in total. The predicted molar refractivity (Wildman–Crippen MR) is 90.3 cm³/mol. The van der Waals surface area contributed by atoms with Gasteiger partial charge in [-0.15, -0.1) is 0 Å². The summed E-state index contributed by atoms with van der Waals surface area (Å²) in [7, 11) is 0. The number of ether oxygens (including phenoxy) is 1. The van der Waals surface area contributed by atoms with Gasteiger partial charge in [-0.25, -0.2) is 0 Å². The van der Waals surface area contributed by atoms with Gasteiger partial charge in [-0.3, -0.25) is 9.36 Å². The Balaban J connectivity index is 2.45. The van der Waals surface area contributed by atoms with Crippen LogP contribution in [0.5, 0.6) is 5.75 Å². The Morgan fingerprint density at radius 1 is 1.05 bits per heavy atom. The first kappa shape index (κ1) is 14.2. The summed E-state index contributed by atoms with van der Waals surface area (Å²) < 4.78 is 7.60. The maximum atomic E-state index is 12.7. The zero-order valence-corrected chi connectivity index (χ0v) is 12.9. The van der Waals surface area contributed by atoms with E-state index in [4.69, 9.17) is 4.74 Å². The fourth-order valence-corrected chi connectivity index (χ4v) is 2.60. The maximum absolute atomic E-state index is 12.7. The van der Waals surface area contributed by atoms with Crippen LogP contribution in [-0.4, -0.2) is 10.7 Å². The van der Waals surface area contributed by atoms with E-state index in [9.17, 15) is 4.79 Å². The molecule has 0 unspecified atom stereocenters. The summed E-state index contributed by atoms with van der Waals surface area (Å²) in [5.74, 6) is 3.66. The molecule has 3 aromatic rings. The second-order valence-electron chi connectivity index (χ2n) is 5.39. The fraction of sp³-hybridized carbons (Fsp3) is 0.211. The maximum Gasteiger partial charge on any atom is 0.197 e. The second kappa shape index (κ2) is 5.57. The van der Waals surface area contributed by atoms with Crippen LogP contribution < -0.4 is 10.2 Å². The molecule has 0 fully saturated rings. The fourth-order valence-electron chi connectivity index (χ4n) is 2.60. The van der Waals surface area contributed by atoms with E-state index < -0.39 is 0 Å². The molecule has 1 heterocycles. The Morgan fingerprint density at radius 2 is 1.77 bits per heavy atom. The van der Waals surface area contributed by atoms with Gasteiger partial charge in [0.25, 0.3) is 0 Å². The highest BCUT2D eigenvalue weighted by atomic mass is 16.5. The Kier molecular flexibility index (Phi) is 3.60. The number of benzene rings is 2. The summed E-state index contributed by atoms with van der Waals surface area (Å²) in [6.45, 7) is 5.74.